The summed E-state index contributed by atoms with van der Waals surface area (Å²) < 4.78 is 36.7. The monoisotopic (exact) mass is 340 g/mol. The fourth-order valence-corrected chi connectivity index (χ4v) is 2.95. The van der Waals surface area contributed by atoms with E-state index in [2.05, 4.69) is 16.0 Å². The van der Waals surface area contributed by atoms with Crippen molar-refractivity contribution < 1.29 is 22.7 Å². The average molecular weight is 340 g/mol. The summed E-state index contributed by atoms with van der Waals surface area (Å²) in [5, 5.41) is 2.53. The number of amides is 1. The second-order valence-electron chi connectivity index (χ2n) is 4.54. The fraction of sp³-hybridized carbons (Fsp3) is 0.400. The molecule has 1 atom stereocenters. The van der Waals surface area contributed by atoms with Crippen LogP contribution in [0.4, 0.5) is 0 Å². The van der Waals surface area contributed by atoms with Gasteiger partial charge in [-0.05, 0) is 12.1 Å². The fourth-order valence-electron chi connectivity index (χ4n) is 1.73. The molecule has 0 saturated carbocycles. The van der Waals surface area contributed by atoms with Gasteiger partial charge in [-0.15, -0.1) is 12.3 Å². The molecular weight excluding hydrogens is 320 g/mol. The van der Waals surface area contributed by atoms with Crippen LogP contribution in [0.3, 0.4) is 0 Å². The Labute approximate surface area is 136 Å². The molecule has 0 saturated heterocycles. The van der Waals surface area contributed by atoms with Crippen molar-refractivity contribution in [3.63, 3.8) is 0 Å². The van der Waals surface area contributed by atoms with Crippen molar-refractivity contribution in [3.05, 3.63) is 30.3 Å². The summed E-state index contributed by atoms with van der Waals surface area (Å²) in [6, 6.07) is 6.65. The van der Waals surface area contributed by atoms with Crippen LogP contribution in [0.1, 0.15) is 6.42 Å². The number of ether oxygens (including phenoxy) is 2. The predicted molar refractivity (Wildman–Crippen MR) is 84.8 cm³/mol. The summed E-state index contributed by atoms with van der Waals surface area (Å²) in [7, 11) is -0.989. The van der Waals surface area contributed by atoms with Gasteiger partial charge in [0.1, 0.15) is 6.04 Å². The highest BCUT2D eigenvalue weighted by atomic mass is 32.2. The van der Waals surface area contributed by atoms with Gasteiger partial charge in [-0.25, -0.2) is 8.42 Å². The molecule has 0 spiro atoms. The molecule has 126 valence electrons. The van der Waals surface area contributed by atoms with Gasteiger partial charge in [0, 0.05) is 20.6 Å². The standard InChI is InChI=1S/C15H20N2O5S/c1-4-8-13(15(18)16-11-14(21-2)22-3)17-23(19,20)12-9-6-5-7-10-12/h1,5-7,9-10,13-14,17H,8,11H2,2-3H3,(H,16,18). The number of carbonyl (C=O) groups is 1. The van der Waals surface area contributed by atoms with Crippen LogP contribution >= 0.6 is 0 Å². The van der Waals surface area contributed by atoms with Gasteiger partial charge in [-0.3, -0.25) is 4.79 Å². The van der Waals surface area contributed by atoms with E-state index < -0.39 is 28.3 Å². The lowest BCUT2D eigenvalue weighted by Crippen LogP contribution is -2.48. The van der Waals surface area contributed by atoms with Crippen LogP contribution < -0.4 is 10.0 Å². The van der Waals surface area contributed by atoms with Gasteiger partial charge in [-0.2, -0.15) is 4.72 Å². The van der Waals surface area contributed by atoms with E-state index in [0.717, 1.165) is 0 Å². The molecule has 1 aromatic carbocycles. The Morgan fingerprint density at radius 3 is 2.39 bits per heavy atom. The number of sulfonamides is 1. The molecule has 0 heterocycles. The first-order valence-electron chi connectivity index (χ1n) is 6.78. The topological polar surface area (TPSA) is 93.7 Å². The second-order valence-corrected chi connectivity index (χ2v) is 6.26. The van der Waals surface area contributed by atoms with Gasteiger partial charge >= 0.3 is 0 Å². The zero-order valence-electron chi connectivity index (χ0n) is 13.0. The molecule has 1 unspecified atom stereocenters. The Bertz CT molecular complexity index is 636. The maximum Gasteiger partial charge on any atom is 0.241 e. The van der Waals surface area contributed by atoms with Gasteiger partial charge in [0.05, 0.1) is 11.4 Å². The minimum absolute atomic E-state index is 0.0569. The molecule has 7 nitrogen and oxygen atoms in total. The SMILES string of the molecule is C#CCC(NS(=O)(=O)c1ccccc1)C(=O)NCC(OC)OC. The van der Waals surface area contributed by atoms with E-state index in [0.29, 0.717) is 0 Å². The van der Waals surface area contributed by atoms with Crippen LogP contribution in [0.15, 0.2) is 35.2 Å². The van der Waals surface area contributed by atoms with E-state index in [1.54, 1.807) is 18.2 Å². The van der Waals surface area contributed by atoms with Crippen molar-refractivity contribution in [1.82, 2.24) is 10.0 Å². The first-order chi connectivity index (χ1) is 10.9. The first-order valence-corrected chi connectivity index (χ1v) is 8.27. The molecule has 0 aliphatic carbocycles. The van der Waals surface area contributed by atoms with E-state index >= 15 is 0 Å². The summed E-state index contributed by atoms with van der Waals surface area (Å²) in [4.78, 5) is 12.2. The largest absolute Gasteiger partial charge is 0.354 e. The van der Waals surface area contributed by atoms with Crippen molar-refractivity contribution in [2.75, 3.05) is 20.8 Å². The molecule has 23 heavy (non-hydrogen) atoms. The van der Waals surface area contributed by atoms with Crippen LogP contribution in [-0.2, 0) is 24.3 Å². The Balaban J connectivity index is 2.79. The van der Waals surface area contributed by atoms with E-state index in [4.69, 9.17) is 15.9 Å². The molecule has 0 radical (unpaired) electrons. The lowest BCUT2D eigenvalue weighted by molar-refractivity contribution is -0.128. The number of rotatable bonds is 9. The third kappa shape index (κ3) is 6.00. The smallest absolute Gasteiger partial charge is 0.241 e. The molecule has 0 aromatic heterocycles. The summed E-state index contributed by atoms with van der Waals surface area (Å²) in [6.07, 6.45) is 4.51. The van der Waals surface area contributed by atoms with Crippen molar-refractivity contribution in [2.45, 2.75) is 23.6 Å². The Morgan fingerprint density at radius 1 is 1.26 bits per heavy atom. The van der Waals surface area contributed by atoms with Gasteiger partial charge in [-0.1, -0.05) is 18.2 Å². The zero-order chi connectivity index (χ0) is 17.3. The van der Waals surface area contributed by atoms with E-state index in [9.17, 15) is 13.2 Å². The van der Waals surface area contributed by atoms with Crippen molar-refractivity contribution in [3.8, 4) is 12.3 Å². The van der Waals surface area contributed by atoms with Crippen LogP contribution in [-0.4, -0.2) is 47.4 Å². The number of nitrogens with one attached hydrogen (secondary N) is 2. The number of methoxy groups -OCH3 is 2. The summed E-state index contributed by atoms with van der Waals surface area (Å²) in [6.45, 7) is 0.0694. The van der Waals surface area contributed by atoms with Crippen molar-refractivity contribution in [1.29, 1.82) is 0 Å². The third-order valence-corrected chi connectivity index (χ3v) is 4.45. The van der Waals surface area contributed by atoms with Gasteiger partial charge in [0.25, 0.3) is 0 Å². The molecule has 0 fully saturated rings. The maximum atomic E-state index is 12.3. The first kappa shape index (κ1) is 19.1. The van der Waals surface area contributed by atoms with Gasteiger partial charge < -0.3 is 14.8 Å². The molecule has 1 rings (SSSR count). The Kier molecular flexibility index (Phi) is 7.71. The summed E-state index contributed by atoms with van der Waals surface area (Å²) >= 11 is 0. The number of benzene rings is 1. The second kappa shape index (κ2) is 9.27. The number of hydrogen-bond donors (Lipinski definition) is 2. The summed E-state index contributed by atoms with van der Waals surface area (Å²) in [5.74, 6) is 1.73. The molecule has 1 amide bonds. The molecule has 0 aliphatic rings. The van der Waals surface area contributed by atoms with Crippen LogP contribution in [0.25, 0.3) is 0 Å². The van der Waals surface area contributed by atoms with E-state index in [1.165, 1.54) is 26.4 Å². The number of hydrogen-bond acceptors (Lipinski definition) is 5. The Morgan fingerprint density at radius 2 is 1.87 bits per heavy atom. The minimum Gasteiger partial charge on any atom is -0.354 e. The normalized spacial score (nSPS) is 12.6. The van der Waals surface area contributed by atoms with E-state index in [1.807, 2.05) is 0 Å². The molecular formula is C15H20N2O5S. The van der Waals surface area contributed by atoms with E-state index in [-0.39, 0.29) is 17.9 Å². The maximum absolute atomic E-state index is 12.3. The highest BCUT2D eigenvalue weighted by molar-refractivity contribution is 7.89. The van der Waals surface area contributed by atoms with Crippen molar-refractivity contribution in [2.24, 2.45) is 0 Å². The highest BCUT2D eigenvalue weighted by Crippen LogP contribution is 2.09. The zero-order valence-corrected chi connectivity index (χ0v) is 13.8. The number of terminal acetylenes is 1. The molecule has 8 heteroatoms. The molecule has 2 N–H and O–H groups in total. The quantitative estimate of drug-likeness (QED) is 0.491. The van der Waals surface area contributed by atoms with Crippen LogP contribution in [0.5, 0.6) is 0 Å². The predicted octanol–water partition coefficient (Wildman–Crippen LogP) is 0.0919. The molecule has 0 aliphatic heterocycles. The van der Waals surface area contributed by atoms with Crippen LogP contribution in [0.2, 0.25) is 0 Å². The summed E-state index contributed by atoms with van der Waals surface area (Å²) in [5.41, 5.74) is 0. The highest BCUT2D eigenvalue weighted by Gasteiger charge is 2.25. The van der Waals surface area contributed by atoms with Crippen molar-refractivity contribution >= 4 is 15.9 Å². The lowest BCUT2D eigenvalue weighted by atomic mass is 10.2. The molecule has 0 bridgehead atoms. The average Bonchev–Trinajstić information content (AvgIpc) is 2.56. The minimum atomic E-state index is -3.85. The van der Waals surface area contributed by atoms with Gasteiger partial charge in [0.2, 0.25) is 15.9 Å². The number of carbonyl (C=O) groups excluding carboxylic acids is 1. The lowest BCUT2D eigenvalue weighted by Gasteiger charge is -2.19. The third-order valence-electron chi connectivity index (χ3n) is 2.96. The van der Waals surface area contributed by atoms with Crippen LogP contribution in [0, 0.1) is 12.3 Å². The van der Waals surface area contributed by atoms with Gasteiger partial charge in [0.15, 0.2) is 6.29 Å². The molecule has 1 aromatic rings. The Hall–Kier alpha value is -1.92.